The Labute approximate surface area is 155 Å². The summed E-state index contributed by atoms with van der Waals surface area (Å²) in [7, 11) is 1.66. The second-order valence-corrected chi connectivity index (χ2v) is 7.05. The van der Waals surface area contributed by atoms with Crippen LogP contribution in [0, 0.1) is 0 Å². The molecule has 0 N–H and O–H groups in total. The van der Waals surface area contributed by atoms with Gasteiger partial charge in [0.15, 0.2) is 0 Å². The highest BCUT2D eigenvalue weighted by Gasteiger charge is 2.25. The van der Waals surface area contributed by atoms with E-state index in [0.717, 1.165) is 56.8 Å². The fraction of sp³-hybridized carbons (Fsp3) is 0.600. The van der Waals surface area contributed by atoms with Crippen molar-refractivity contribution in [1.82, 2.24) is 9.80 Å². The van der Waals surface area contributed by atoms with Gasteiger partial charge < -0.3 is 19.4 Å². The van der Waals surface area contributed by atoms with Crippen LogP contribution in [0.1, 0.15) is 32.1 Å². The van der Waals surface area contributed by atoms with Gasteiger partial charge >= 0.3 is 0 Å². The Morgan fingerprint density at radius 1 is 0.962 bits per heavy atom. The standard InChI is InChI=1S/C20H29N3O3/c1-26-18-9-7-17(8-10-18)21-12-14-22(15-13-21)20(25)16-23-11-5-3-2-4-6-19(23)24/h7-10H,2-6,11-16H2,1H3. The summed E-state index contributed by atoms with van der Waals surface area (Å²) in [6.07, 6.45) is 4.81. The van der Waals surface area contributed by atoms with Gasteiger partial charge in [-0.1, -0.05) is 12.8 Å². The molecule has 0 aromatic heterocycles. The lowest BCUT2D eigenvalue weighted by atomic mass is 10.1. The SMILES string of the molecule is COc1ccc(N2CCN(C(=O)CN3CCCCCCC3=O)CC2)cc1. The van der Waals surface area contributed by atoms with Gasteiger partial charge in [-0.05, 0) is 37.1 Å². The second-order valence-electron chi connectivity index (χ2n) is 7.05. The maximum atomic E-state index is 12.6. The number of carbonyl (C=O) groups excluding carboxylic acids is 2. The molecule has 2 aliphatic rings. The van der Waals surface area contributed by atoms with Crippen LogP contribution in [-0.2, 0) is 9.59 Å². The van der Waals surface area contributed by atoms with Gasteiger partial charge in [-0.25, -0.2) is 0 Å². The van der Waals surface area contributed by atoms with E-state index in [9.17, 15) is 9.59 Å². The molecule has 6 heteroatoms. The van der Waals surface area contributed by atoms with E-state index in [1.807, 2.05) is 17.0 Å². The Morgan fingerprint density at radius 2 is 1.65 bits per heavy atom. The van der Waals surface area contributed by atoms with Gasteiger partial charge in [-0.3, -0.25) is 9.59 Å². The summed E-state index contributed by atoms with van der Waals surface area (Å²) in [6.45, 7) is 3.98. The van der Waals surface area contributed by atoms with Crippen LogP contribution in [-0.4, -0.2) is 68.0 Å². The lowest BCUT2D eigenvalue weighted by Gasteiger charge is -2.37. The van der Waals surface area contributed by atoms with Gasteiger partial charge in [-0.15, -0.1) is 0 Å². The van der Waals surface area contributed by atoms with Gasteiger partial charge in [-0.2, -0.15) is 0 Å². The van der Waals surface area contributed by atoms with Crippen molar-refractivity contribution in [3.63, 3.8) is 0 Å². The minimum absolute atomic E-state index is 0.0771. The first kappa shape index (κ1) is 18.5. The summed E-state index contributed by atoms with van der Waals surface area (Å²) in [5, 5.41) is 0. The van der Waals surface area contributed by atoms with Crippen LogP contribution in [0.15, 0.2) is 24.3 Å². The van der Waals surface area contributed by atoms with Gasteiger partial charge in [0.05, 0.1) is 13.7 Å². The Hall–Kier alpha value is -2.24. The first-order valence-electron chi connectivity index (χ1n) is 9.62. The van der Waals surface area contributed by atoms with Crippen LogP contribution >= 0.6 is 0 Å². The number of benzene rings is 1. The summed E-state index contributed by atoms with van der Waals surface area (Å²) in [5.74, 6) is 1.06. The first-order valence-corrected chi connectivity index (χ1v) is 9.62. The van der Waals surface area contributed by atoms with Gasteiger partial charge in [0.25, 0.3) is 0 Å². The predicted molar refractivity (Wildman–Crippen MR) is 101 cm³/mol. The van der Waals surface area contributed by atoms with Crippen molar-refractivity contribution in [2.24, 2.45) is 0 Å². The summed E-state index contributed by atoms with van der Waals surface area (Å²) in [6, 6.07) is 8.02. The molecule has 26 heavy (non-hydrogen) atoms. The molecule has 2 saturated heterocycles. The maximum Gasteiger partial charge on any atom is 0.242 e. The van der Waals surface area contributed by atoms with Crippen LogP contribution in [0.25, 0.3) is 0 Å². The first-order chi connectivity index (χ1) is 12.7. The highest BCUT2D eigenvalue weighted by Crippen LogP contribution is 2.20. The highest BCUT2D eigenvalue weighted by atomic mass is 16.5. The maximum absolute atomic E-state index is 12.6. The molecule has 6 nitrogen and oxygen atoms in total. The third-order valence-corrected chi connectivity index (χ3v) is 5.32. The van der Waals surface area contributed by atoms with Crippen molar-refractivity contribution < 1.29 is 14.3 Å². The number of hydrogen-bond acceptors (Lipinski definition) is 4. The smallest absolute Gasteiger partial charge is 0.242 e. The zero-order valence-corrected chi connectivity index (χ0v) is 15.7. The van der Waals surface area contributed by atoms with Gasteiger partial charge in [0.2, 0.25) is 11.8 Å². The minimum Gasteiger partial charge on any atom is -0.497 e. The predicted octanol–water partition coefficient (Wildman–Crippen LogP) is 2.14. The molecule has 1 aromatic carbocycles. The quantitative estimate of drug-likeness (QED) is 0.826. The number of amides is 2. The molecule has 2 amide bonds. The second kappa shape index (κ2) is 8.92. The molecule has 0 aliphatic carbocycles. The summed E-state index contributed by atoms with van der Waals surface area (Å²) < 4.78 is 5.20. The van der Waals surface area contributed by atoms with Crippen molar-refractivity contribution in [2.45, 2.75) is 32.1 Å². The third-order valence-electron chi connectivity index (χ3n) is 5.32. The van der Waals surface area contributed by atoms with Crippen molar-refractivity contribution >= 4 is 17.5 Å². The molecule has 0 unspecified atom stereocenters. The minimum atomic E-state index is 0.0771. The van der Waals surface area contributed by atoms with Crippen LogP contribution in [0.2, 0.25) is 0 Å². The molecule has 2 heterocycles. The normalized spacial score (nSPS) is 19.1. The highest BCUT2D eigenvalue weighted by molar-refractivity contribution is 5.85. The molecular formula is C20H29N3O3. The Morgan fingerprint density at radius 3 is 2.35 bits per heavy atom. The van der Waals surface area contributed by atoms with E-state index in [2.05, 4.69) is 17.0 Å². The number of piperazine rings is 1. The molecule has 2 fully saturated rings. The Kier molecular flexibility index (Phi) is 6.36. The lowest BCUT2D eigenvalue weighted by Crippen LogP contribution is -2.52. The third kappa shape index (κ3) is 4.68. The zero-order valence-electron chi connectivity index (χ0n) is 15.7. The number of carbonyl (C=O) groups is 2. The zero-order chi connectivity index (χ0) is 18.4. The van der Waals surface area contributed by atoms with Crippen LogP contribution in [0.3, 0.4) is 0 Å². The van der Waals surface area contributed by atoms with Crippen LogP contribution in [0.5, 0.6) is 5.75 Å². The molecule has 0 saturated carbocycles. The molecule has 0 atom stereocenters. The average molecular weight is 359 g/mol. The van der Waals surface area contributed by atoms with Crippen molar-refractivity contribution in [3.05, 3.63) is 24.3 Å². The number of likely N-dealkylation sites (tertiary alicyclic amines) is 1. The van der Waals surface area contributed by atoms with E-state index in [1.165, 1.54) is 0 Å². The summed E-state index contributed by atoms with van der Waals surface area (Å²) in [4.78, 5) is 30.8. The van der Waals surface area contributed by atoms with Crippen LogP contribution in [0.4, 0.5) is 5.69 Å². The largest absolute Gasteiger partial charge is 0.497 e. The molecule has 0 radical (unpaired) electrons. The molecule has 0 bridgehead atoms. The van der Waals surface area contributed by atoms with Gasteiger partial charge in [0.1, 0.15) is 5.75 Å². The van der Waals surface area contributed by atoms with E-state index in [-0.39, 0.29) is 18.4 Å². The van der Waals surface area contributed by atoms with E-state index >= 15 is 0 Å². The average Bonchev–Trinajstić information content (AvgIpc) is 2.68. The molecular weight excluding hydrogens is 330 g/mol. The molecule has 142 valence electrons. The van der Waals surface area contributed by atoms with Crippen LogP contribution < -0.4 is 9.64 Å². The van der Waals surface area contributed by atoms with Crippen molar-refractivity contribution in [1.29, 1.82) is 0 Å². The number of nitrogens with zero attached hydrogens (tertiary/aromatic N) is 3. The fourth-order valence-corrected chi connectivity index (χ4v) is 3.65. The van der Waals surface area contributed by atoms with E-state index < -0.39 is 0 Å². The van der Waals surface area contributed by atoms with E-state index in [0.29, 0.717) is 19.5 Å². The van der Waals surface area contributed by atoms with Crippen molar-refractivity contribution in [3.8, 4) is 5.75 Å². The number of rotatable bonds is 4. The number of ether oxygens (including phenoxy) is 1. The van der Waals surface area contributed by atoms with E-state index in [4.69, 9.17) is 4.74 Å². The lowest BCUT2D eigenvalue weighted by molar-refractivity contribution is -0.141. The summed E-state index contributed by atoms with van der Waals surface area (Å²) >= 11 is 0. The topological polar surface area (TPSA) is 53.1 Å². The number of anilines is 1. The molecule has 3 rings (SSSR count). The van der Waals surface area contributed by atoms with Gasteiger partial charge in [0, 0.05) is 44.8 Å². The monoisotopic (exact) mass is 359 g/mol. The summed E-state index contributed by atoms with van der Waals surface area (Å²) in [5.41, 5.74) is 1.15. The number of hydrogen-bond donors (Lipinski definition) is 0. The van der Waals surface area contributed by atoms with E-state index in [1.54, 1.807) is 12.0 Å². The molecule has 2 aliphatic heterocycles. The fourth-order valence-electron chi connectivity index (χ4n) is 3.65. The Balaban J connectivity index is 1.50. The molecule has 0 spiro atoms. The molecule has 1 aromatic rings. The van der Waals surface area contributed by atoms with Crippen molar-refractivity contribution in [2.75, 3.05) is 51.3 Å². The number of methoxy groups -OCH3 is 1. The Bertz CT molecular complexity index is 609.